The van der Waals surface area contributed by atoms with Gasteiger partial charge in [0.2, 0.25) is 0 Å². The van der Waals surface area contributed by atoms with E-state index in [0.29, 0.717) is 0 Å². The van der Waals surface area contributed by atoms with E-state index in [0.717, 1.165) is 6.42 Å². The molecular weight excluding hydrogens is 116 g/mol. The molecule has 1 aromatic heterocycles. The van der Waals surface area contributed by atoms with E-state index in [4.69, 9.17) is 0 Å². The average Bonchev–Trinajstić information content (AvgIpc) is 2.15. The maximum absolute atomic E-state index is 3.30. The summed E-state index contributed by atoms with van der Waals surface area (Å²) < 4.78 is 0. The number of fused-ring (bicyclic) bond motifs is 1. The van der Waals surface area contributed by atoms with Gasteiger partial charge in [-0.3, -0.25) is 0 Å². The SMILES string of the molecule is [C]1CCc2ccsc21. The zero-order valence-electron chi connectivity index (χ0n) is 4.48. The van der Waals surface area contributed by atoms with Gasteiger partial charge in [0, 0.05) is 11.3 Å². The molecule has 2 rings (SSSR count). The molecule has 1 aliphatic rings. The van der Waals surface area contributed by atoms with E-state index >= 15 is 0 Å². The van der Waals surface area contributed by atoms with E-state index < -0.39 is 0 Å². The molecule has 0 atom stereocenters. The Kier molecular flexibility index (Phi) is 0.908. The van der Waals surface area contributed by atoms with E-state index in [-0.39, 0.29) is 0 Å². The Balaban J connectivity index is 2.54. The molecule has 0 saturated heterocycles. The second-order valence-electron chi connectivity index (χ2n) is 1.95. The Labute approximate surface area is 53.2 Å². The van der Waals surface area contributed by atoms with Gasteiger partial charge in [0.25, 0.3) is 0 Å². The van der Waals surface area contributed by atoms with Crippen LogP contribution < -0.4 is 0 Å². The van der Waals surface area contributed by atoms with E-state index in [2.05, 4.69) is 17.9 Å². The molecule has 0 aliphatic heterocycles. The minimum Gasteiger partial charge on any atom is -0.148 e. The second kappa shape index (κ2) is 1.59. The Morgan fingerprint density at radius 1 is 1.62 bits per heavy atom. The van der Waals surface area contributed by atoms with Crippen molar-refractivity contribution in [2.75, 3.05) is 0 Å². The molecule has 2 radical (unpaired) electrons. The fraction of sp³-hybridized carbons (Fsp3) is 0.286. The summed E-state index contributed by atoms with van der Waals surface area (Å²) in [5, 5.41) is 2.14. The lowest BCUT2D eigenvalue weighted by molar-refractivity contribution is 1.03. The maximum Gasteiger partial charge on any atom is 0.0281 e. The van der Waals surface area contributed by atoms with Crippen molar-refractivity contribution < 1.29 is 0 Å². The lowest BCUT2D eigenvalue weighted by Crippen LogP contribution is -1.66. The van der Waals surface area contributed by atoms with Gasteiger partial charge in [-0.25, -0.2) is 0 Å². The van der Waals surface area contributed by atoms with Gasteiger partial charge in [-0.1, -0.05) is 0 Å². The third-order valence-electron chi connectivity index (χ3n) is 1.43. The first-order valence-electron chi connectivity index (χ1n) is 2.77. The van der Waals surface area contributed by atoms with Gasteiger partial charge < -0.3 is 0 Å². The van der Waals surface area contributed by atoms with E-state index in [1.807, 2.05) is 0 Å². The highest BCUT2D eigenvalue weighted by Crippen LogP contribution is 2.27. The van der Waals surface area contributed by atoms with Crippen LogP contribution >= 0.6 is 11.3 Å². The number of thiophene rings is 1. The van der Waals surface area contributed by atoms with E-state index in [1.165, 1.54) is 16.9 Å². The van der Waals surface area contributed by atoms with Crippen molar-refractivity contribution in [2.24, 2.45) is 0 Å². The molecule has 1 aliphatic carbocycles. The Hall–Kier alpha value is -0.300. The normalized spacial score (nSPS) is 16.5. The van der Waals surface area contributed by atoms with Crippen molar-refractivity contribution in [3.63, 3.8) is 0 Å². The third-order valence-corrected chi connectivity index (χ3v) is 2.34. The van der Waals surface area contributed by atoms with Gasteiger partial charge in [0.15, 0.2) is 0 Å². The van der Waals surface area contributed by atoms with Gasteiger partial charge in [-0.2, -0.15) is 0 Å². The van der Waals surface area contributed by atoms with Gasteiger partial charge in [-0.15, -0.1) is 11.3 Å². The maximum atomic E-state index is 3.30. The van der Waals surface area contributed by atoms with Crippen LogP contribution in [-0.4, -0.2) is 0 Å². The number of aryl methyl sites for hydroxylation is 1. The molecule has 40 valence electrons. The molecule has 1 heteroatoms. The summed E-state index contributed by atoms with van der Waals surface area (Å²) in [6.07, 6.45) is 5.66. The Morgan fingerprint density at radius 3 is 3.50 bits per heavy atom. The molecule has 0 spiro atoms. The third kappa shape index (κ3) is 0.511. The van der Waals surface area contributed by atoms with Gasteiger partial charge in [-0.05, 0) is 29.9 Å². The molecular formula is C7H6S. The zero-order valence-corrected chi connectivity index (χ0v) is 5.29. The number of hydrogen-bond donors (Lipinski definition) is 0. The zero-order chi connectivity index (χ0) is 5.40. The summed E-state index contributed by atoms with van der Waals surface area (Å²) in [5.41, 5.74) is 1.50. The second-order valence-corrected chi connectivity index (χ2v) is 2.87. The minimum atomic E-state index is 1.14. The molecule has 0 fully saturated rings. The predicted octanol–water partition coefficient (Wildman–Crippen LogP) is 2.12. The van der Waals surface area contributed by atoms with Crippen LogP contribution in [0.25, 0.3) is 0 Å². The lowest BCUT2D eigenvalue weighted by atomic mass is 10.3. The summed E-state index contributed by atoms with van der Waals surface area (Å²) >= 11 is 1.80. The first kappa shape index (κ1) is 4.57. The van der Waals surface area contributed by atoms with Crippen LogP contribution in [0.5, 0.6) is 0 Å². The minimum absolute atomic E-state index is 1.14. The van der Waals surface area contributed by atoms with Crippen LogP contribution in [0.1, 0.15) is 16.9 Å². The molecule has 0 unspecified atom stereocenters. The topological polar surface area (TPSA) is 0 Å². The molecule has 1 aromatic rings. The first-order valence-corrected chi connectivity index (χ1v) is 3.65. The van der Waals surface area contributed by atoms with E-state index in [1.54, 1.807) is 11.3 Å². The number of hydrogen-bond acceptors (Lipinski definition) is 1. The summed E-state index contributed by atoms with van der Waals surface area (Å²) in [6, 6.07) is 2.19. The van der Waals surface area contributed by atoms with Gasteiger partial charge in [0.1, 0.15) is 0 Å². The van der Waals surface area contributed by atoms with Crippen LogP contribution in [0.4, 0.5) is 0 Å². The molecule has 0 nitrogen and oxygen atoms in total. The predicted molar refractivity (Wildman–Crippen MR) is 35.0 cm³/mol. The summed E-state index contributed by atoms with van der Waals surface area (Å²) in [7, 11) is 0. The molecule has 8 heavy (non-hydrogen) atoms. The standard InChI is InChI=1S/C7H6S/c1-2-6-4-5-8-7(6)3-1/h4-5H,1-2H2. The van der Waals surface area contributed by atoms with Gasteiger partial charge in [0.05, 0.1) is 0 Å². The Morgan fingerprint density at radius 2 is 2.62 bits per heavy atom. The van der Waals surface area contributed by atoms with Crippen LogP contribution in [0.15, 0.2) is 11.4 Å². The number of rotatable bonds is 0. The summed E-state index contributed by atoms with van der Waals surface area (Å²) in [5.74, 6) is 0. The van der Waals surface area contributed by atoms with Crippen molar-refractivity contribution in [3.8, 4) is 0 Å². The smallest absolute Gasteiger partial charge is 0.0281 e. The van der Waals surface area contributed by atoms with E-state index in [9.17, 15) is 0 Å². The lowest BCUT2D eigenvalue weighted by Gasteiger charge is -1.78. The van der Waals surface area contributed by atoms with Crippen molar-refractivity contribution in [2.45, 2.75) is 12.8 Å². The molecule has 0 bridgehead atoms. The van der Waals surface area contributed by atoms with Crippen molar-refractivity contribution in [1.82, 2.24) is 0 Å². The summed E-state index contributed by atoms with van der Waals surface area (Å²) in [4.78, 5) is 1.38. The average molecular weight is 122 g/mol. The molecule has 0 amide bonds. The van der Waals surface area contributed by atoms with Crippen molar-refractivity contribution >= 4 is 11.3 Å². The highest BCUT2D eigenvalue weighted by molar-refractivity contribution is 7.10. The van der Waals surface area contributed by atoms with Gasteiger partial charge >= 0.3 is 0 Å². The quantitative estimate of drug-likeness (QED) is 0.494. The van der Waals surface area contributed by atoms with Crippen LogP contribution in [0, 0.1) is 6.42 Å². The van der Waals surface area contributed by atoms with Crippen molar-refractivity contribution in [1.29, 1.82) is 0 Å². The first-order chi connectivity index (χ1) is 3.97. The summed E-state index contributed by atoms with van der Waals surface area (Å²) in [6.45, 7) is 0. The van der Waals surface area contributed by atoms with Crippen LogP contribution in [0.3, 0.4) is 0 Å². The fourth-order valence-corrected chi connectivity index (χ4v) is 1.87. The molecule has 1 heterocycles. The molecule has 0 saturated carbocycles. The Bertz CT molecular complexity index is 170. The van der Waals surface area contributed by atoms with Crippen molar-refractivity contribution in [3.05, 3.63) is 28.3 Å². The largest absolute Gasteiger partial charge is 0.148 e. The highest BCUT2D eigenvalue weighted by Gasteiger charge is 2.10. The fourth-order valence-electron chi connectivity index (χ4n) is 0.998. The highest BCUT2D eigenvalue weighted by atomic mass is 32.1. The van der Waals surface area contributed by atoms with Crippen LogP contribution in [-0.2, 0) is 6.42 Å². The molecule has 0 aromatic carbocycles. The van der Waals surface area contributed by atoms with Crippen LogP contribution in [0.2, 0.25) is 0 Å². The molecule has 0 N–H and O–H groups in total. The monoisotopic (exact) mass is 122 g/mol.